The molecule has 29 heavy (non-hydrogen) atoms. The highest BCUT2D eigenvalue weighted by Gasteiger charge is 2.34. The molecule has 2 aromatic rings. The maximum atomic E-state index is 13.1. The van der Waals surface area contributed by atoms with Crippen LogP contribution in [0.4, 0.5) is 13.2 Å². The van der Waals surface area contributed by atoms with E-state index in [-0.39, 0.29) is 5.56 Å². The molecule has 0 saturated carbocycles. The largest absolute Gasteiger partial charge is 0.493 e. The number of ether oxygens (including phenoxy) is 2. The van der Waals surface area contributed by atoms with Crippen LogP contribution in [-0.2, 0) is 11.0 Å². The molecular formula is C21H21F3N2O3. The lowest BCUT2D eigenvalue weighted by molar-refractivity contribution is -0.138. The first-order valence-corrected chi connectivity index (χ1v) is 8.58. The quantitative estimate of drug-likeness (QED) is 0.394. The number of rotatable bonds is 8. The third-order valence-electron chi connectivity index (χ3n) is 3.87. The fraction of sp³-hybridized carbons (Fsp3) is 0.190. The van der Waals surface area contributed by atoms with Crippen molar-refractivity contribution in [1.29, 1.82) is 0 Å². The third kappa shape index (κ3) is 6.11. The van der Waals surface area contributed by atoms with Gasteiger partial charge in [0.15, 0.2) is 11.5 Å². The van der Waals surface area contributed by atoms with Gasteiger partial charge in [0, 0.05) is 11.6 Å². The van der Waals surface area contributed by atoms with Crippen molar-refractivity contribution in [3.63, 3.8) is 0 Å². The van der Waals surface area contributed by atoms with Crippen LogP contribution in [-0.4, -0.2) is 19.6 Å². The SMILES string of the molecule is C=CCOc1ccc(/C=C/C(=O)NC(N)c2ccccc2C(F)(F)F)cc1OC. The molecule has 1 atom stereocenters. The first kappa shape index (κ1) is 22.0. The summed E-state index contributed by atoms with van der Waals surface area (Å²) in [5.74, 6) is 0.338. The predicted molar refractivity (Wildman–Crippen MR) is 104 cm³/mol. The maximum absolute atomic E-state index is 13.1. The zero-order chi connectivity index (χ0) is 21.4. The Bertz CT molecular complexity index is 895. The van der Waals surface area contributed by atoms with Crippen molar-refractivity contribution in [2.75, 3.05) is 13.7 Å². The number of hydrogen-bond donors (Lipinski definition) is 2. The molecule has 3 N–H and O–H groups in total. The minimum atomic E-state index is -4.57. The van der Waals surface area contributed by atoms with Gasteiger partial charge >= 0.3 is 6.18 Å². The number of halogens is 3. The van der Waals surface area contributed by atoms with Gasteiger partial charge in [-0.25, -0.2) is 0 Å². The summed E-state index contributed by atoms with van der Waals surface area (Å²) in [6.45, 7) is 3.88. The van der Waals surface area contributed by atoms with E-state index in [1.54, 1.807) is 24.3 Å². The van der Waals surface area contributed by atoms with E-state index in [0.717, 1.165) is 6.07 Å². The normalized spacial score (nSPS) is 12.4. The molecular weight excluding hydrogens is 385 g/mol. The Kier molecular flexibility index (Phi) is 7.44. The van der Waals surface area contributed by atoms with E-state index >= 15 is 0 Å². The smallest absolute Gasteiger partial charge is 0.416 e. The molecule has 0 fully saturated rings. The lowest BCUT2D eigenvalue weighted by Gasteiger charge is -2.18. The Balaban J connectivity index is 2.09. The standard InChI is InChI=1S/C21H21F3N2O3/c1-3-12-29-17-10-8-14(13-18(17)28-2)9-11-19(27)26-20(25)15-6-4-5-7-16(15)21(22,23)24/h3-11,13,20H,1,12,25H2,2H3,(H,26,27)/b11-9+. The number of nitrogens with one attached hydrogen (secondary N) is 1. The average Bonchev–Trinajstić information content (AvgIpc) is 2.70. The van der Waals surface area contributed by atoms with Gasteiger partial charge in [0.05, 0.1) is 12.7 Å². The van der Waals surface area contributed by atoms with Crippen LogP contribution in [0.15, 0.2) is 61.2 Å². The van der Waals surface area contributed by atoms with Crippen LogP contribution in [0.2, 0.25) is 0 Å². The number of hydrogen-bond acceptors (Lipinski definition) is 4. The van der Waals surface area contributed by atoms with Crippen LogP contribution < -0.4 is 20.5 Å². The predicted octanol–water partition coefficient (Wildman–Crippen LogP) is 4.07. The van der Waals surface area contributed by atoms with Gasteiger partial charge in [-0.15, -0.1) is 0 Å². The number of carbonyl (C=O) groups is 1. The molecule has 8 heteroatoms. The van der Waals surface area contributed by atoms with Crippen molar-refractivity contribution < 1.29 is 27.4 Å². The van der Waals surface area contributed by atoms with Crippen LogP contribution in [0.1, 0.15) is 22.9 Å². The van der Waals surface area contributed by atoms with Crippen LogP contribution in [0.25, 0.3) is 6.08 Å². The maximum Gasteiger partial charge on any atom is 0.416 e. The molecule has 1 unspecified atom stereocenters. The first-order valence-electron chi connectivity index (χ1n) is 8.58. The van der Waals surface area contributed by atoms with Crippen LogP contribution in [0.3, 0.4) is 0 Å². The molecule has 5 nitrogen and oxygen atoms in total. The summed E-state index contributed by atoms with van der Waals surface area (Å²) in [6, 6.07) is 9.85. The van der Waals surface area contributed by atoms with Gasteiger partial charge in [-0.1, -0.05) is 36.9 Å². The molecule has 0 aromatic heterocycles. The van der Waals surface area contributed by atoms with E-state index in [1.807, 2.05) is 0 Å². The van der Waals surface area contributed by atoms with E-state index in [1.165, 1.54) is 37.5 Å². The van der Waals surface area contributed by atoms with Crippen molar-refractivity contribution in [3.8, 4) is 11.5 Å². The second-order valence-electron chi connectivity index (χ2n) is 5.91. The minimum Gasteiger partial charge on any atom is -0.493 e. The second kappa shape index (κ2) is 9.79. The highest BCUT2D eigenvalue weighted by Crippen LogP contribution is 2.33. The van der Waals surface area contributed by atoms with Crippen LogP contribution in [0, 0.1) is 0 Å². The number of amides is 1. The molecule has 0 bridgehead atoms. The molecule has 0 spiro atoms. The van der Waals surface area contributed by atoms with Gasteiger partial charge in [0.2, 0.25) is 5.91 Å². The van der Waals surface area contributed by atoms with Gasteiger partial charge in [-0.3, -0.25) is 4.79 Å². The number of carbonyl (C=O) groups excluding carboxylic acids is 1. The number of methoxy groups -OCH3 is 1. The van der Waals surface area contributed by atoms with Crippen LogP contribution >= 0.6 is 0 Å². The second-order valence-corrected chi connectivity index (χ2v) is 5.91. The van der Waals surface area contributed by atoms with Gasteiger partial charge < -0.3 is 20.5 Å². The number of benzene rings is 2. The zero-order valence-electron chi connectivity index (χ0n) is 15.7. The summed E-state index contributed by atoms with van der Waals surface area (Å²) in [7, 11) is 1.48. The summed E-state index contributed by atoms with van der Waals surface area (Å²) in [4.78, 5) is 12.1. The van der Waals surface area contributed by atoms with E-state index in [0.29, 0.717) is 23.7 Å². The number of alkyl halides is 3. The molecule has 1 amide bonds. The monoisotopic (exact) mass is 406 g/mol. The molecule has 0 aliphatic carbocycles. The summed E-state index contributed by atoms with van der Waals surface area (Å²) in [5.41, 5.74) is 5.29. The lowest BCUT2D eigenvalue weighted by atomic mass is 10.0. The fourth-order valence-corrected chi connectivity index (χ4v) is 2.53. The van der Waals surface area contributed by atoms with Crippen molar-refractivity contribution in [1.82, 2.24) is 5.32 Å². The van der Waals surface area contributed by atoms with Gasteiger partial charge in [-0.05, 0) is 29.8 Å². The molecule has 0 radical (unpaired) electrons. The van der Waals surface area contributed by atoms with Crippen LogP contribution in [0.5, 0.6) is 11.5 Å². The van der Waals surface area contributed by atoms with E-state index < -0.39 is 23.8 Å². The van der Waals surface area contributed by atoms with E-state index in [2.05, 4.69) is 11.9 Å². The Morgan fingerprint density at radius 1 is 1.24 bits per heavy atom. The summed E-state index contributed by atoms with van der Waals surface area (Å²) >= 11 is 0. The van der Waals surface area contributed by atoms with Crippen molar-refractivity contribution in [3.05, 3.63) is 77.9 Å². The fourth-order valence-electron chi connectivity index (χ4n) is 2.53. The summed E-state index contributed by atoms with van der Waals surface area (Å²) in [6.07, 6.45) is -1.63. The number of nitrogens with two attached hydrogens (primary N) is 1. The van der Waals surface area contributed by atoms with E-state index in [4.69, 9.17) is 15.2 Å². The zero-order valence-corrected chi connectivity index (χ0v) is 15.7. The third-order valence-corrected chi connectivity index (χ3v) is 3.87. The average molecular weight is 406 g/mol. The summed E-state index contributed by atoms with van der Waals surface area (Å²) < 4.78 is 49.9. The molecule has 0 aliphatic rings. The van der Waals surface area contributed by atoms with Gasteiger partial charge in [-0.2, -0.15) is 13.2 Å². The lowest BCUT2D eigenvalue weighted by Crippen LogP contribution is -2.34. The highest BCUT2D eigenvalue weighted by molar-refractivity contribution is 5.92. The van der Waals surface area contributed by atoms with Crippen molar-refractivity contribution >= 4 is 12.0 Å². The summed E-state index contributed by atoms with van der Waals surface area (Å²) in [5, 5.41) is 2.33. The van der Waals surface area contributed by atoms with Gasteiger partial charge in [0.25, 0.3) is 0 Å². The molecule has 0 aliphatic heterocycles. The molecule has 2 aromatic carbocycles. The Morgan fingerprint density at radius 2 is 1.97 bits per heavy atom. The Hall–Kier alpha value is -3.26. The van der Waals surface area contributed by atoms with Crippen molar-refractivity contribution in [2.45, 2.75) is 12.3 Å². The molecule has 0 saturated heterocycles. The molecule has 2 rings (SSSR count). The van der Waals surface area contributed by atoms with Gasteiger partial charge in [0.1, 0.15) is 12.8 Å². The highest BCUT2D eigenvalue weighted by atomic mass is 19.4. The minimum absolute atomic E-state index is 0.216. The Morgan fingerprint density at radius 3 is 2.62 bits per heavy atom. The first-order chi connectivity index (χ1) is 13.8. The van der Waals surface area contributed by atoms with Crippen molar-refractivity contribution in [2.24, 2.45) is 5.73 Å². The van der Waals surface area contributed by atoms with E-state index in [9.17, 15) is 18.0 Å². The molecule has 0 heterocycles. The molecule has 154 valence electrons. The topological polar surface area (TPSA) is 73.6 Å². The Labute approximate surface area is 166 Å².